The first kappa shape index (κ1) is 38.5. The first-order valence-electron chi connectivity index (χ1n) is 23.1. The van der Waals surface area contributed by atoms with Gasteiger partial charge < -0.3 is 9.13 Å². The third kappa shape index (κ3) is 5.80. The van der Waals surface area contributed by atoms with Crippen molar-refractivity contribution in [1.82, 2.24) is 9.13 Å². The molecule has 312 valence electrons. The van der Waals surface area contributed by atoms with Crippen LogP contribution in [0.2, 0.25) is 19.6 Å². The highest BCUT2D eigenvalue weighted by Gasteiger charge is 2.25. The molecule has 66 heavy (non-hydrogen) atoms. The SMILES string of the molecule is C[Si](C)(C)c1cc(-c2c3cccc(-c4cccc5c6ccccc6n(-c6ccccc6)c45)c3cc3c(-c4cccc5c6ccccc6n(-c6ccccc6)c45)cccc23)c2ccccc2c1. The van der Waals surface area contributed by atoms with Crippen LogP contribution in [0.15, 0.2) is 224 Å². The van der Waals surface area contributed by atoms with Crippen molar-refractivity contribution in [3.8, 4) is 44.8 Å². The molecule has 0 atom stereocenters. The Hall–Kier alpha value is -7.98. The van der Waals surface area contributed by atoms with Gasteiger partial charge in [-0.15, -0.1) is 0 Å². The van der Waals surface area contributed by atoms with Gasteiger partial charge in [-0.25, -0.2) is 0 Å². The van der Waals surface area contributed by atoms with Gasteiger partial charge in [-0.05, 0) is 97.0 Å². The van der Waals surface area contributed by atoms with E-state index in [0.717, 1.165) is 11.4 Å². The number of hydrogen-bond acceptors (Lipinski definition) is 0. The van der Waals surface area contributed by atoms with Gasteiger partial charge in [-0.3, -0.25) is 0 Å². The lowest BCUT2D eigenvalue weighted by Crippen LogP contribution is -2.37. The Balaban J connectivity index is 1.21. The summed E-state index contributed by atoms with van der Waals surface area (Å²) in [5.74, 6) is 0. The molecular formula is C63H46N2Si. The Kier molecular flexibility index (Phi) is 8.62. The number of rotatable bonds is 6. The van der Waals surface area contributed by atoms with Crippen molar-refractivity contribution in [2.75, 3.05) is 0 Å². The standard InChI is InChI=1S/C63H46N2Si/c1-66(2,3)44-38-41-20-10-11-25-45(41)58(39-44)61-50-30-16-28-46(52-32-18-34-54-48-26-12-14-36-59(48)64(62(52)54)42-21-6-4-7-22-42)56(50)40-57-47(29-17-31-51(57)61)53-33-19-35-55-49-27-13-15-37-60(49)65(63(53)55)43-23-8-5-9-24-43/h4-40H,1-3H3. The van der Waals surface area contributed by atoms with E-state index < -0.39 is 8.07 Å². The molecule has 0 aliphatic heterocycles. The summed E-state index contributed by atoms with van der Waals surface area (Å²) in [6, 6.07) is 83.8. The van der Waals surface area contributed by atoms with E-state index >= 15 is 0 Å². The first-order chi connectivity index (χ1) is 32.4. The Morgan fingerprint density at radius 2 is 0.697 bits per heavy atom. The number of aromatic nitrogens is 2. The maximum absolute atomic E-state index is 2.55. The fourth-order valence-corrected chi connectivity index (χ4v) is 12.2. The van der Waals surface area contributed by atoms with Crippen molar-refractivity contribution in [1.29, 1.82) is 0 Å². The summed E-state index contributed by atoms with van der Waals surface area (Å²) in [5, 5.41) is 14.0. The molecule has 0 saturated carbocycles. The van der Waals surface area contributed by atoms with Crippen LogP contribution < -0.4 is 5.19 Å². The highest BCUT2D eigenvalue weighted by atomic mass is 28.3. The number of para-hydroxylation sites is 6. The highest BCUT2D eigenvalue weighted by molar-refractivity contribution is 6.89. The second kappa shape index (κ2) is 14.8. The van der Waals surface area contributed by atoms with E-state index in [4.69, 9.17) is 0 Å². The summed E-state index contributed by atoms with van der Waals surface area (Å²) in [6.07, 6.45) is 0. The van der Waals surface area contributed by atoms with Crippen LogP contribution in [0.4, 0.5) is 0 Å². The monoisotopic (exact) mass is 858 g/mol. The van der Waals surface area contributed by atoms with Gasteiger partial charge in [-0.1, -0.05) is 207 Å². The second-order valence-electron chi connectivity index (χ2n) is 18.8. The molecule has 2 aromatic heterocycles. The van der Waals surface area contributed by atoms with E-state index in [2.05, 4.69) is 253 Å². The molecule has 0 bridgehead atoms. The van der Waals surface area contributed by atoms with Gasteiger partial charge in [0, 0.05) is 44.0 Å². The third-order valence-electron chi connectivity index (χ3n) is 14.0. The quantitative estimate of drug-likeness (QED) is 0.116. The largest absolute Gasteiger partial charge is 0.309 e. The molecule has 0 saturated heterocycles. The molecule has 0 aliphatic carbocycles. The second-order valence-corrected chi connectivity index (χ2v) is 23.9. The van der Waals surface area contributed by atoms with Crippen LogP contribution in [0, 0.1) is 0 Å². The summed E-state index contributed by atoms with van der Waals surface area (Å²) < 4.78 is 4.94. The van der Waals surface area contributed by atoms with Gasteiger partial charge in [0.2, 0.25) is 0 Å². The molecule has 11 aromatic carbocycles. The molecule has 0 unspecified atom stereocenters. The zero-order valence-corrected chi connectivity index (χ0v) is 38.3. The van der Waals surface area contributed by atoms with Crippen LogP contribution >= 0.6 is 0 Å². The van der Waals surface area contributed by atoms with Crippen LogP contribution in [0.5, 0.6) is 0 Å². The lowest BCUT2D eigenvalue weighted by Gasteiger charge is -2.23. The molecule has 13 aromatic rings. The summed E-state index contributed by atoms with van der Waals surface area (Å²) in [5.41, 5.74) is 14.6. The molecule has 0 fully saturated rings. The minimum Gasteiger partial charge on any atom is -0.309 e. The van der Waals surface area contributed by atoms with Crippen molar-refractivity contribution < 1.29 is 0 Å². The van der Waals surface area contributed by atoms with Crippen molar-refractivity contribution >= 4 is 89.2 Å². The molecule has 0 amide bonds. The predicted molar refractivity (Wildman–Crippen MR) is 287 cm³/mol. The van der Waals surface area contributed by atoms with Gasteiger partial charge in [-0.2, -0.15) is 0 Å². The summed E-state index contributed by atoms with van der Waals surface area (Å²) in [4.78, 5) is 0. The normalized spacial score (nSPS) is 12.2. The summed E-state index contributed by atoms with van der Waals surface area (Å²) in [7, 11) is -1.75. The van der Waals surface area contributed by atoms with E-state index in [0.29, 0.717) is 0 Å². The van der Waals surface area contributed by atoms with E-state index in [9.17, 15) is 0 Å². The third-order valence-corrected chi connectivity index (χ3v) is 16.1. The molecular weight excluding hydrogens is 813 g/mol. The molecule has 0 N–H and O–H groups in total. The lowest BCUT2D eigenvalue weighted by atomic mass is 9.84. The van der Waals surface area contributed by atoms with E-state index in [1.54, 1.807) is 0 Å². The van der Waals surface area contributed by atoms with Crippen molar-refractivity contribution in [3.05, 3.63) is 224 Å². The van der Waals surface area contributed by atoms with Crippen LogP contribution in [0.3, 0.4) is 0 Å². The van der Waals surface area contributed by atoms with Crippen LogP contribution in [0.1, 0.15) is 0 Å². The molecule has 2 heterocycles. The van der Waals surface area contributed by atoms with Crippen LogP contribution in [0.25, 0.3) is 121 Å². The lowest BCUT2D eigenvalue weighted by molar-refractivity contribution is 1.18. The highest BCUT2D eigenvalue weighted by Crippen LogP contribution is 2.48. The zero-order chi connectivity index (χ0) is 44.1. The van der Waals surface area contributed by atoms with Gasteiger partial charge in [0.25, 0.3) is 0 Å². The first-order valence-corrected chi connectivity index (χ1v) is 26.6. The molecule has 3 heteroatoms. The predicted octanol–water partition coefficient (Wildman–Crippen LogP) is 16.9. The average molecular weight is 859 g/mol. The topological polar surface area (TPSA) is 9.86 Å². The number of nitrogens with zero attached hydrogens (tertiary/aromatic N) is 2. The van der Waals surface area contributed by atoms with Gasteiger partial charge in [0.05, 0.1) is 30.1 Å². The zero-order valence-electron chi connectivity index (χ0n) is 37.3. The molecule has 2 nitrogen and oxygen atoms in total. The summed E-state index contributed by atoms with van der Waals surface area (Å²) in [6.45, 7) is 7.41. The summed E-state index contributed by atoms with van der Waals surface area (Å²) >= 11 is 0. The van der Waals surface area contributed by atoms with Crippen molar-refractivity contribution in [2.24, 2.45) is 0 Å². The van der Waals surface area contributed by atoms with E-state index in [1.165, 1.54) is 114 Å². The minimum absolute atomic E-state index is 1.15. The number of hydrogen-bond donors (Lipinski definition) is 0. The fourth-order valence-electron chi connectivity index (χ4n) is 11.0. The van der Waals surface area contributed by atoms with Crippen molar-refractivity contribution in [2.45, 2.75) is 19.6 Å². The number of benzene rings is 11. The Morgan fingerprint density at radius 1 is 0.288 bits per heavy atom. The Morgan fingerprint density at radius 3 is 1.20 bits per heavy atom. The Labute approximate surface area is 385 Å². The maximum atomic E-state index is 2.55. The molecule has 0 radical (unpaired) electrons. The van der Waals surface area contributed by atoms with E-state index in [1.807, 2.05) is 0 Å². The van der Waals surface area contributed by atoms with E-state index in [-0.39, 0.29) is 0 Å². The minimum atomic E-state index is -1.75. The van der Waals surface area contributed by atoms with Crippen LogP contribution in [-0.4, -0.2) is 17.2 Å². The molecule has 13 rings (SSSR count). The molecule has 0 aliphatic rings. The van der Waals surface area contributed by atoms with Crippen LogP contribution in [-0.2, 0) is 0 Å². The Bertz CT molecular complexity index is 3860. The molecule has 0 spiro atoms. The van der Waals surface area contributed by atoms with Gasteiger partial charge in [0.15, 0.2) is 0 Å². The smallest absolute Gasteiger partial charge is 0.0776 e. The number of fused-ring (bicyclic) bond motifs is 9. The average Bonchev–Trinajstić information content (AvgIpc) is 3.89. The van der Waals surface area contributed by atoms with Gasteiger partial charge >= 0.3 is 0 Å². The van der Waals surface area contributed by atoms with Crippen molar-refractivity contribution in [3.63, 3.8) is 0 Å². The van der Waals surface area contributed by atoms with Gasteiger partial charge in [0.1, 0.15) is 0 Å². The maximum Gasteiger partial charge on any atom is 0.0776 e. The fraction of sp³-hybridized carbons (Fsp3) is 0.0476.